The minimum Gasteiger partial charge on any atom is -0.481 e. The second kappa shape index (κ2) is 9.49. The number of rotatable bonds is 8. The van der Waals surface area contributed by atoms with Gasteiger partial charge in [-0.2, -0.15) is 0 Å². The Bertz CT molecular complexity index is 360. The quantitative estimate of drug-likeness (QED) is 0.551. The van der Waals surface area contributed by atoms with Crippen molar-refractivity contribution in [1.82, 2.24) is 0 Å². The first-order valence-electron chi connectivity index (χ1n) is 9.97. The summed E-state index contributed by atoms with van der Waals surface area (Å²) in [5.41, 5.74) is 0. The maximum atomic E-state index is 11.4. The van der Waals surface area contributed by atoms with Crippen LogP contribution in [0.15, 0.2) is 12.7 Å². The lowest BCUT2D eigenvalue weighted by Gasteiger charge is -2.33. The minimum absolute atomic E-state index is 0.197. The standard InChI is InChI=1S/C21H36O2/c1-3-5-20(21(22)23)19-14-12-18(13-15-19)11-10-17-8-6-16(4-2)7-9-17/h3,16-20H,1,4-15H2,2H3,(H,22,23)/t16-,17-,18?,19?,20?. The van der Waals surface area contributed by atoms with E-state index in [0.29, 0.717) is 12.3 Å². The van der Waals surface area contributed by atoms with Crippen molar-refractivity contribution >= 4 is 5.97 Å². The molecule has 0 amide bonds. The number of allylic oxidation sites excluding steroid dienone is 1. The molecule has 2 aliphatic carbocycles. The van der Waals surface area contributed by atoms with Gasteiger partial charge in [-0.05, 0) is 42.9 Å². The number of carboxylic acids is 1. The normalized spacial score (nSPS) is 33.1. The van der Waals surface area contributed by atoms with E-state index in [2.05, 4.69) is 13.5 Å². The minimum atomic E-state index is -0.624. The molecule has 2 saturated carbocycles. The van der Waals surface area contributed by atoms with Crippen LogP contribution in [0.3, 0.4) is 0 Å². The molecule has 2 nitrogen and oxygen atoms in total. The van der Waals surface area contributed by atoms with E-state index in [-0.39, 0.29) is 5.92 Å². The predicted octanol–water partition coefficient (Wildman–Crippen LogP) is 6.07. The highest BCUT2D eigenvalue weighted by Crippen LogP contribution is 2.39. The van der Waals surface area contributed by atoms with Crippen molar-refractivity contribution in [2.75, 3.05) is 0 Å². The largest absolute Gasteiger partial charge is 0.481 e. The number of hydrogen-bond acceptors (Lipinski definition) is 1. The fourth-order valence-corrected chi connectivity index (χ4v) is 4.95. The average Bonchev–Trinajstić information content (AvgIpc) is 2.58. The lowest BCUT2D eigenvalue weighted by Crippen LogP contribution is -2.27. The Kier molecular flexibility index (Phi) is 7.65. The van der Waals surface area contributed by atoms with Crippen molar-refractivity contribution in [1.29, 1.82) is 0 Å². The van der Waals surface area contributed by atoms with Crippen LogP contribution in [-0.4, -0.2) is 11.1 Å². The summed E-state index contributed by atoms with van der Waals surface area (Å²) >= 11 is 0. The molecule has 0 aromatic carbocycles. The molecular weight excluding hydrogens is 284 g/mol. The Morgan fingerprint density at radius 3 is 1.91 bits per heavy atom. The van der Waals surface area contributed by atoms with E-state index in [0.717, 1.165) is 30.6 Å². The topological polar surface area (TPSA) is 37.3 Å². The Labute approximate surface area is 142 Å². The lowest BCUT2D eigenvalue weighted by atomic mass is 9.72. The number of hydrogen-bond donors (Lipinski definition) is 1. The molecule has 0 saturated heterocycles. The summed E-state index contributed by atoms with van der Waals surface area (Å²) in [7, 11) is 0. The van der Waals surface area contributed by atoms with Crippen molar-refractivity contribution < 1.29 is 9.90 Å². The Morgan fingerprint density at radius 2 is 1.48 bits per heavy atom. The van der Waals surface area contributed by atoms with E-state index in [1.54, 1.807) is 6.08 Å². The van der Waals surface area contributed by atoms with Crippen LogP contribution in [0.5, 0.6) is 0 Å². The highest BCUT2D eigenvalue weighted by molar-refractivity contribution is 5.70. The van der Waals surface area contributed by atoms with Gasteiger partial charge in [0, 0.05) is 0 Å². The van der Waals surface area contributed by atoms with E-state index in [1.165, 1.54) is 57.8 Å². The van der Waals surface area contributed by atoms with Crippen LogP contribution in [0.4, 0.5) is 0 Å². The van der Waals surface area contributed by atoms with Crippen LogP contribution in [0.25, 0.3) is 0 Å². The van der Waals surface area contributed by atoms with Crippen molar-refractivity contribution in [3.05, 3.63) is 12.7 Å². The van der Waals surface area contributed by atoms with Gasteiger partial charge in [-0.3, -0.25) is 4.79 Å². The summed E-state index contributed by atoms with van der Waals surface area (Å²) in [5, 5.41) is 9.39. The molecular formula is C21H36O2. The highest BCUT2D eigenvalue weighted by Gasteiger charge is 2.31. The summed E-state index contributed by atoms with van der Waals surface area (Å²) < 4.78 is 0. The maximum absolute atomic E-state index is 11.4. The fraction of sp³-hybridized carbons (Fsp3) is 0.857. The van der Waals surface area contributed by atoms with Crippen molar-refractivity contribution in [2.45, 2.75) is 84.0 Å². The molecule has 23 heavy (non-hydrogen) atoms. The summed E-state index contributed by atoms with van der Waals surface area (Å²) in [5.74, 6) is 2.39. The van der Waals surface area contributed by atoms with Crippen molar-refractivity contribution in [2.24, 2.45) is 29.6 Å². The van der Waals surface area contributed by atoms with Crippen LogP contribution in [0.2, 0.25) is 0 Å². The van der Waals surface area contributed by atoms with Gasteiger partial charge in [0.25, 0.3) is 0 Å². The van der Waals surface area contributed by atoms with Crippen LogP contribution in [0, 0.1) is 29.6 Å². The molecule has 0 spiro atoms. The molecule has 2 fully saturated rings. The molecule has 0 radical (unpaired) electrons. The van der Waals surface area contributed by atoms with Crippen LogP contribution in [-0.2, 0) is 4.79 Å². The van der Waals surface area contributed by atoms with Crippen LogP contribution in [0.1, 0.15) is 84.0 Å². The first kappa shape index (κ1) is 18.5. The molecule has 1 N–H and O–H groups in total. The smallest absolute Gasteiger partial charge is 0.307 e. The number of aliphatic carboxylic acids is 1. The van der Waals surface area contributed by atoms with Gasteiger partial charge in [-0.15, -0.1) is 6.58 Å². The average molecular weight is 321 g/mol. The first-order valence-corrected chi connectivity index (χ1v) is 9.97. The first-order chi connectivity index (χ1) is 11.1. The van der Waals surface area contributed by atoms with E-state index >= 15 is 0 Å². The maximum Gasteiger partial charge on any atom is 0.307 e. The zero-order chi connectivity index (χ0) is 16.7. The predicted molar refractivity (Wildman–Crippen MR) is 96.4 cm³/mol. The van der Waals surface area contributed by atoms with Gasteiger partial charge >= 0.3 is 5.97 Å². The molecule has 1 atom stereocenters. The van der Waals surface area contributed by atoms with Crippen molar-refractivity contribution in [3.63, 3.8) is 0 Å². The molecule has 0 aliphatic heterocycles. The third-order valence-corrected chi connectivity index (χ3v) is 6.73. The second-order valence-corrected chi connectivity index (χ2v) is 8.12. The summed E-state index contributed by atoms with van der Waals surface area (Å²) in [6.07, 6.45) is 17.1. The Hall–Kier alpha value is -0.790. The molecule has 2 aliphatic rings. The van der Waals surface area contributed by atoms with E-state index in [4.69, 9.17) is 0 Å². The molecule has 0 bridgehead atoms. The number of carboxylic acid groups (broad SMARTS) is 1. The third-order valence-electron chi connectivity index (χ3n) is 6.73. The fourth-order valence-electron chi connectivity index (χ4n) is 4.95. The summed E-state index contributed by atoms with van der Waals surface area (Å²) in [6.45, 7) is 6.06. The molecule has 0 aromatic rings. The van der Waals surface area contributed by atoms with Gasteiger partial charge in [0.05, 0.1) is 5.92 Å². The van der Waals surface area contributed by atoms with Gasteiger partial charge in [-0.25, -0.2) is 0 Å². The van der Waals surface area contributed by atoms with Crippen molar-refractivity contribution in [3.8, 4) is 0 Å². The third kappa shape index (κ3) is 5.65. The van der Waals surface area contributed by atoms with Crippen LogP contribution < -0.4 is 0 Å². The van der Waals surface area contributed by atoms with Gasteiger partial charge in [0.15, 0.2) is 0 Å². The molecule has 2 heteroatoms. The Morgan fingerprint density at radius 1 is 1.00 bits per heavy atom. The summed E-state index contributed by atoms with van der Waals surface area (Å²) in [6, 6.07) is 0. The van der Waals surface area contributed by atoms with Gasteiger partial charge < -0.3 is 5.11 Å². The van der Waals surface area contributed by atoms with Gasteiger partial charge in [0.1, 0.15) is 0 Å². The van der Waals surface area contributed by atoms with Gasteiger partial charge in [-0.1, -0.05) is 70.8 Å². The SMILES string of the molecule is C=CCC(C(=O)O)C1CCC(CC[C@H]2CC[C@H](CC)CC2)CC1. The summed E-state index contributed by atoms with van der Waals surface area (Å²) in [4.78, 5) is 11.4. The molecule has 132 valence electrons. The highest BCUT2D eigenvalue weighted by atomic mass is 16.4. The zero-order valence-corrected chi connectivity index (χ0v) is 15.0. The molecule has 0 aromatic heterocycles. The lowest BCUT2D eigenvalue weighted by molar-refractivity contribution is -0.144. The number of carbonyl (C=O) groups is 1. The zero-order valence-electron chi connectivity index (χ0n) is 15.0. The molecule has 2 rings (SSSR count). The van der Waals surface area contributed by atoms with Gasteiger partial charge in [0.2, 0.25) is 0 Å². The molecule has 0 heterocycles. The van der Waals surface area contributed by atoms with E-state index < -0.39 is 5.97 Å². The monoisotopic (exact) mass is 320 g/mol. The van der Waals surface area contributed by atoms with E-state index in [1.807, 2.05) is 0 Å². The van der Waals surface area contributed by atoms with Crippen LogP contribution >= 0.6 is 0 Å². The Balaban J connectivity index is 1.66. The second-order valence-electron chi connectivity index (χ2n) is 8.12. The molecule has 1 unspecified atom stereocenters. The van der Waals surface area contributed by atoms with E-state index in [9.17, 15) is 9.90 Å².